The van der Waals surface area contributed by atoms with Crippen molar-refractivity contribution >= 4 is 17.1 Å². The molecule has 1 aliphatic rings. The Hall–Kier alpha value is -2.87. The second-order valence-corrected chi connectivity index (χ2v) is 8.93. The number of amides is 1. The van der Waals surface area contributed by atoms with Crippen LogP contribution < -0.4 is 16.8 Å². The maximum absolute atomic E-state index is 12.2. The van der Waals surface area contributed by atoms with Crippen LogP contribution in [0.15, 0.2) is 23.0 Å². The maximum Gasteiger partial charge on any atom is 0.252 e. The van der Waals surface area contributed by atoms with Crippen LogP contribution in [0.1, 0.15) is 55.4 Å². The van der Waals surface area contributed by atoms with Crippen LogP contribution in [0.2, 0.25) is 0 Å². The highest BCUT2D eigenvalue weighted by molar-refractivity contribution is 6.02. The average Bonchev–Trinajstić information content (AvgIpc) is 3.25. The van der Waals surface area contributed by atoms with E-state index in [1.807, 2.05) is 26.1 Å². The van der Waals surface area contributed by atoms with Gasteiger partial charge in [-0.2, -0.15) is 5.10 Å². The Balaban J connectivity index is 1.85. The van der Waals surface area contributed by atoms with Gasteiger partial charge in [-0.1, -0.05) is 19.0 Å². The highest BCUT2D eigenvalue weighted by Gasteiger charge is 2.49. The van der Waals surface area contributed by atoms with Gasteiger partial charge in [0.15, 0.2) is 0 Å². The van der Waals surface area contributed by atoms with Crippen molar-refractivity contribution in [2.24, 2.45) is 16.9 Å². The van der Waals surface area contributed by atoms with E-state index < -0.39 is 5.91 Å². The van der Waals surface area contributed by atoms with Crippen molar-refractivity contribution in [3.63, 3.8) is 0 Å². The molecule has 2 atom stereocenters. The smallest absolute Gasteiger partial charge is 0.252 e. The van der Waals surface area contributed by atoms with Gasteiger partial charge in [0.1, 0.15) is 5.76 Å². The van der Waals surface area contributed by atoms with Gasteiger partial charge >= 0.3 is 0 Å². The van der Waals surface area contributed by atoms with E-state index in [4.69, 9.17) is 16.0 Å². The molecule has 1 saturated carbocycles. The molecule has 8 heteroatoms. The molecular weight excluding hydrogens is 368 g/mol. The van der Waals surface area contributed by atoms with E-state index in [-0.39, 0.29) is 17.0 Å². The summed E-state index contributed by atoms with van der Waals surface area (Å²) >= 11 is 0. The first-order valence-corrected chi connectivity index (χ1v) is 9.83. The zero-order chi connectivity index (χ0) is 21.1. The summed E-state index contributed by atoms with van der Waals surface area (Å²) < 4.78 is 7.06. The van der Waals surface area contributed by atoms with Crippen molar-refractivity contribution in [3.05, 3.63) is 35.5 Å². The fourth-order valence-corrected chi connectivity index (χ4v) is 4.38. The van der Waals surface area contributed by atoms with Crippen molar-refractivity contribution < 1.29 is 9.32 Å². The number of fused-ring (bicyclic) bond motifs is 1. The summed E-state index contributed by atoms with van der Waals surface area (Å²) in [5.41, 5.74) is 16.2. The molecule has 5 N–H and O–H groups in total. The number of carbonyl (C=O) groups excluding carboxylic acids is 1. The lowest BCUT2D eigenvalue weighted by Crippen LogP contribution is -2.51. The van der Waals surface area contributed by atoms with Crippen LogP contribution in [0.5, 0.6) is 0 Å². The monoisotopic (exact) mass is 396 g/mol. The summed E-state index contributed by atoms with van der Waals surface area (Å²) in [6, 6.07) is 2.08. The number of nitrogens with zero attached hydrogens (tertiary/aromatic N) is 3. The summed E-state index contributed by atoms with van der Waals surface area (Å²) in [5, 5.41) is 12.0. The molecule has 3 aromatic rings. The zero-order valence-corrected chi connectivity index (χ0v) is 17.5. The van der Waals surface area contributed by atoms with Crippen molar-refractivity contribution in [1.29, 1.82) is 0 Å². The molecule has 1 aliphatic carbocycles. The number of aryl methyl sites for hydroxylation is 2. The van der Waals surface area contributed by atoms with Gasteiger partial charge < -0.3 is 21.3 Å². The standard InChI is InChI=1S/C21H28N6O2/c1-11-17(12(2)29-26-11)13-8-15-18(14(19(22)28)9-24-27(15)10-13)25-16-6-7-21(5,23)20(16,3)4/h8-10,16,25H,6-7,23H2,1-5H3,(H2,22,28)/t16-,21+/m1/s1. The first-order chi connectivity index (χ1) is 13.5. The summed E-state index contributed by atoms with van der Waals surface area (Å²) in [4.78, 5) is 12.2. The number of nitrogens with two attached hydrogens (primary N) is 2. The van der Waals surface area contributed by atoms with Gasteiger partial charge in [0.2, 0.25) is 0 Å². The van der Waals surface area contributed by atoms with Crippen molar-refractivity contribution in [3.8, 4) is 11.1 Å². The van der Waals surface area contributed by atoms with Gasteiger partial charge in [-0.05, 0) is 39.7 Å². The van der Waals surface area contributed by atoms with Crippen molar-refractivity contribution in [2.75, 3.05) is 5.32 Å². The predicted molar refractivity (Wildman–Crippen MR) is 112 cm³/mol. The quantitative estimate of drug-likeness (QED) is 0.622. The summed E-state index contributed by atoms with van der Waals surface area (Å²) in [5.74, 6) is 0.216. The van der Waals surface area contributed by atoms with Gasteiger partial charge in [-0.3, -0.25) is 4.79 Å². The summed E-state index contributed by atoms with van der Waals surface area (Å²) in [6.07, 6.45) is 5.23. The lowest BCUT2D eigenvalue weighted by atomic mass is 9.75. The molecule has 4 rings (SSSR count). The minimum absolute atomic E-state index is 0.0965. The number of hydrogen-bond acceptors (Lipinski definition) is 6. The fraction of sp³-hybridized carbons (Fsp3) is 0.476. The van der Waals surface area contributed by atoms with E-state index in [0.29, 0.717) is 11.3 Å². The Bertz CT molecular complexity index is 1090. The molecule has 0 unspecified atom stereocenters. The first-order valence-electron chi connectivity index (χ1n) is 9.83. The molecule has 0 saturated heterocycles. The van der Waals surface area contributed by atoms with Gasteiger partial charge in [0, 0.05) is 34.3 Å². The number of primary amides is 1. The molecule has 1 fully saturated rings. The van der Waals surface area contributed by atoms with Gasteiger partial charge in [0.25, 0.3) is 5.91 Å². The van der Waals surface area contributed by atoms with Gasteiger partial charge in [0.05, 0.1) is 28.7 Å². The Morgan fingerprint density at radius 2 is 2.07 bits per heavy atom. The molecule has 0 aliphatic heterocycles. The third-order valence-corrected chi connectivity index (χ3v) is 6.84. The molecule has 0 aromatic carbocycles. The van der Waals surface area contributed by atoms with Crippen molar-refractivity contribution in [1.82, 2.24) is 14.8 Å². The van der Waals surface area contributed by atoms with Crippen LogP contribution in [0.3, 0.4) is 0 Å². The zero-order valence-electron chi connectivity index (χ0n) is 17.5. The van der Waals surface area contributed by atoms with Crippen LogP contribution in [0.25, 0.3) is 16.6 Å². The molecule has 3 heterocycles. The number of anilines is 1. The predicted octanol–water partition coefficient (Wildman–Crippen LogP) is 3.02. The van der Waals surface area contributed by atoms with E-state index >= 15 is 0 Å². The molecule has 0 spiro atoms. The third kappa shape index (κ3) is 2.90. The topological polar surface area (TPSA) is 124 Å². The van der Waals surface area contributed by atoms with E-state index in [1.54, 1.807) is 4.52 Å². The molecule has 29 heavy (non-hydrogen) atoms. The number of nitrogens with one attached hydrogen (secondary N) is 1. The molecule has 0 radical (unpaired) electrons. The Labute approximate surface area is 169 Å². The van der Waals surface area contributed by atoms with Crippen LogP contribution in [-0.4, -0.2) is 32.3 Å². The largest absolute Gasteiger partial charge is 0.379 e. The average molecular weight is 396 g/mol. The van der Waals surface area contributed by atoms with Crippen LogP contribution in [0, 0.1) is 19.3 Å². The van der Waals surface area contributed by atoms with E-state index in [1.165, 1.54) is 6.20 Å². The van der Waals surface area contributed by atoms with Crippen molar-refractivity contribution in [2.45, 2.75) is 59.0 Å². The van der Waals surface area contributed by atoms with E-state index in [0.717, 1.165) is 40.9 Å². The summed E-state index contributed by atoms with van der Waals surface area (Å²) in [6.45, 7) is 10.2. The van der Waals surface area contributed by atoms with Crippen LogP contribution >= 0.6 is 0 Å². The lowest BCUT2D eigenvalue weighted by molar-refractivity contribution is 0.100. The summed E-state index contributed by atoms with van der Waals surface area (Å²) in [7, 11) is 0. The van der Waals surface area contributed by atoms with Crippen LogP contribution in [-0.2, 0) is 0 Å². The number of hydrogen-bond donors (Lipinski definition) is 3. The minimum atomic E-state index is -0.520. The minimum Gasteiger partial charge on any atom is -0.379 e. The SMILES string of the molecule is Cc1noc(C)c1-c1cc2c(N[C@@H]3CC[C@](C)(N)C3(C)C)c(C(N)=O)cnn2c1. The molecule has 154 valence electrons. The Morgan fingerprint density at radius 3 is 2.62 bits per heavy atom. The molecule has 1 amide bonds. The fourth-order valence-electron chi connectivity index (χ4n) is 4.38. The lowest BCUT2D eigenvalue weighted by Gasteiger charge is -2.39. The van der Waals surface area contributed by atoms with Gasteiger partial charge in [-0.15, -0.1) is 0 Å². The Kier molecular flexibility index (Phi) is 4.24. The van der Waals surface area contributed by atoms with Crippen LogP contribution in [0.4, 0.5) is 5.69 Å². The highest BCUT2D eigenvalue weighted by atomic mass is 16.5. The highest BCUT2D eigenvalue weighted by Crippen LogP contribution is 2.46. The number of rotatable bonds is 4. The third-order valence-electron chi connectivity index (χ3n) is 6.84. The van der Waals surface area contributed by atoms with E-state index in [2.05, 4.69) is 36.3 Å². The molecule has 3 aromatic heterocycles. The first kappa shape index (κ1) is 19.4. The second kappa shape index (κ2) is 6.32. The maximum atomic E-state index is 12.2. The Morgan fingerprint density at radius 1 is 1.34 bits per heavy atom. The normalized spacial score (nSPS) is 23.6. The second-order valence-electron chi connectivity index (χ2n) is 8.93. The van der Waals surface area contributed by atoms with Gasteiger partial charge in [-0.25, -0.2) is 4.52 Å². The van der Waals surface area contributed by atoms with E-state index in [9.17, 15) is 4.79 Å². The molecular formula is C21H28N6O2. The molecule has 8 nitrogen and oxygen atoms in total. The number of aromatic nitrogens is 3. The molecule has 0 bridgehead atoms. The number of carbonyl (C=O) groups is 1.